The second kappa shape index (κ2) is 7.63. The van der Waals surface area contributed by atoms with Crippen LogP contribution in [-0.4, -0.2) is 22.4 Å². The zero-order valence-electron chi connectivity index (χ0n) is 9.73. The molecule has 94 valence electrons. The van der Waals surface area contributed by atoms with Crippen LogP contribution in [0.1, 0.15) is 57.8 Å². The first-order valence-corrected chi connectivity index (χ1v) is 6.28. The van der Waals surface area contributed by atoms with E-state index in [1.807, 2.05) is 0 Å². The molecule has 0 amide bonds. The van der Waals surface area contributed by atoms with E-state index in [0.29, 0.717) is 12.8 Å². The number of carboxylic acid groups (broad SMARTS) is 1. The number of aliphatic carboxylic acids is 1. The summed E-state index contributed by atoms with van der Waals surface area (Å²) in [4.78, 5) is 15.4. The Kier molecular flexibility index (Phi) is 6.42. The number of carbonyl (C=O) groups is 1. The first-order valence-electron chi connectivity index (χ1n) is 6.28. The molecular formula is C12H22O4. The number of rotatable bonds is 2. The van der Waals surface area contributed by atoms with Crippen LogP contribution in [-0.2, 0) is 9.68 Å². The summed E-state index contributed by atoms with van der Waals surface area (Å²) in [6.07, 6.45) is 8.40. The Labute approximate surface area is 96.5 Å². The Hall–Kier alpha value is -0.610. The highest BCUT2D eigenvalue weighted by molar-refractivity contribution is 5.70. The van der Waals surface area contributed by atoms with Gasteiger partial charge >= 0.3 is 5.97 Å². The van der Waals surface area contributed by atoms with Gasteiger partial charge in [0, 0.05) is 0 Å². The molecule has 1 fully saturated rings. The summed E-state index contributed by atoms with van der Waals surface area (Å²) in [6, 6.07) is 0. The SMILES string of the molecule is O=C(O)C1CCCCCCCCCC1OO. The highest BCUT2D eigenvalue weighted by atomic mass is 17.1. The Morgan fingerprint density at radius 1 is 0.938 bits per heavy atom. The monoisotopic (exact) mass is 230 g/mol. The lowest BCUT2D eigenvalue weighted by Crippen LogP contribution is -2.30. The smallest absolute Gasteiger partial charge is 0.309 e. The van der Waals surface area contributed by atoms with Gasteiger partial charge in [0.15, 0.2) is 0 Å². The third-order valence-corrected chi connectivity index (χ3v) is 3.41. The van der Waals surface area contributed by atoms with Gasteiger partial charge in [-0.15, -0.1) is 0 Å². The minimum atomic E-state index is -0.849. The summed E-state index contributed by atoms with van der Waals surface area (Å²) in [5.74, 6) is -1.40. The van der Waals surface area contributed by atoms with Gasteiger partial charge in [-0.25, -0.2) is 4.89 Å². The molecular weight excluding hydrogens is 208 g/mol. The van der Waals surface area contributed by atoms with E-state index in [1.54, 1.807) is 0 Å². The molecule has 0 aromatic carbocycles. The van der Waals surface area contributed by atoms with Crippen LogP contribution in [0.4, 0.5) is 0 Å². The topological polar surface area (TPSA) is 66.8 Å². The second-order valence-corrected chi connectivity index (χ2v) is 4.64. The van der Waals surface area contributed by atoms with E-state index in [2.05, 4.69) is 4.89 Å². The lowest BCUT2D eigenvalue weighted by atomic mass is 9.93. The molecule has 2 N–H and O–H groups in total. The standard InChI is InChI=1S/C12H22O4/c13-12(14)10-8-6-4-2-1-3-5-7-9-11(10)16-15/h10-11,15H,1-9H2,(H,13,14). The Bertz CT molecular complexity index is 205. The molecule has 0 saturated heterocycles. The largest absolute Gasteiger partial charge is 0.481 e. The Morgan fingerprint density at radius 3 is 1.94 bits per heavy atom. The van der Waals surface area contributed by atoms with E-state index in [4.69, 9.17) is 10.4 Å². The van der Waals surface area contributed by atoms with E-state index in [-0.39, 0.29) is 0 Å². The molecule has 2 atom stereocenters. The molecule has 0 aromatic rings. The first-order chi connectivity index (χ1) is 7.75. The predicted molar refractivity (Wildman–Crippen MR) is 60.2 cm³/mol. The number of hydrogen-bond donors (Lipinski definition) is 2. The third kappa shape index (κ3) is 4.49. The van der Waals surface area contributed by atoms with Gasteiger partial charge in [-0.2, -0.15) is 0 Å². The van der Waals surface area contributed by atoms with Gasteiger partial charge in [-0.3, -0.25) is 10.1 Å². The Morgan fingerprint density at radius 2 is 1.44 bits per heavy atom. The van der Waals surface area contributed by atoms with Crippen molar-refractivity contribution in [2.24, 2.45) is 5.92 Å². The van der Waals surface area contributed by atoms with Gasteiger partial charge in [-0.05, 0) is 12.8 Å². The molecule has 0 aromatic heterocycles. The van der Waals surface area contributed by atoms with Gasteiger partial charge in [0.05, 0.1) is 5.92 Å². The van der Waals surface area contributed by atoms with Crippen LogP contribution in [0.3, 0.4) is 0 Å². The maximum Gasteiger partial charge on any atom is 0.309 e. The van der Waals surface area contributed by atoms with E-state index < -0.39 is 18.0 Å². The van der Waals surface area contributed by atoms with Gasteiger partial charge in [0.25, 0.3) is 0 Å². The van der Waals surface area contributed by atoms with Crippen LogP contribution in [0.5, 0.6) is 0 Å². The average Bonchev–Trinajstić information content (AvgIpc) is 2.31. The minimum Gasteiger partial charge on any atom is -0.481 e. The fraction of sp³-hybridized carbons (Fsp3) is 0.917. The Balaban J connectivity index is 2.54. The van der Waals surface area contributed by atoms with Crippen molar-refractivity contribution in [3.63, 3.8) is 0 Å². The summed E-state index contributed by atoms with van der Waals surface area (Å²) in [6.45, 7) is 0. The number of carboxylic acids is 1. The van der Waals surface area contributed by atoms with Crippen LogP contribution in [0.2, 0.25) is 0 Å². The van der Waals surface area contributed by atoms with E-state index in [1.165, 1.54) is 19.3 Å². The summed E-state index contributed by atoms with van der Waals surface area (Å²) in [7, 11) is 0. The molecule has 0 bridgehead atoms. The maximum absolute atomic E-state index is 11.1. The molecule has 0 aliphatic heterocycles. The van der Waals surface area contributed by atoms with Crippen LogP contribution < -0.4 is 0 Å². The minimum absolute atomic E-state index is 0.532. The first kappa shape index (κ1) is 13.5. The van der Waals surface area contributed by atoms with Gasteiger partial charge in [-0.1, -0.05) is 44.9 Å². The van der Waals surface area contributed by atoms with Crippen LogP contribution in [0.15, 0.2) is 0 Å². The lowest BCUT2D eigenvalue weighted by Gasteiger charge is -2.20. The molecule has 0 radical (unpaired) electrons. The van der Waals surface area contributed by atoms with Crippen molar-refractivity contribution in [2.75, 3.05) is 0 Å². The second-order valence-electron chi connectivity index (χ2n) is 4.64. The van der Waals surface area contributed by atoms with E-state index in [9.17, 15) is 4.79 Å². The normalized spacial score (nSPS) is 29.3. The molecule has 4 nitrogen and oxygen atoms in total. The van der Waals surface area contributed by atoms with Crippen molar-refractivity contribution in [3.8, 4) is 0 Å². The molecule has 1 rings (SSSR count). The molecule has 1 aliphatic rings. The lowest BCUT2D eigenvalue weighted by molar-refractivity contribution is -0.291. The van der Waals surface area contributed by atoms with Crippen molar-refractivity contribution in [1.29, 1.82) is 0 Å². The van der Waals surface area contributed by atoms with Crippen molar-refractivity contribution in [1.82, 2.24) is 0 Å². The molecule has 1 saturated carbocycles. The van der Waals surface area contributed by atoms with E-state index >= 15 is 0 Å². The van der Waals surface area contributed by atoms with Crippen molar-refractivity contribution in [2.45, 2.75) is 63.9 Å². The molecule has 16 heavy (non-hydrogen) atoms. The highest BCUT2D eigenvalue weighted by Gasteiger charge is 2.28. The summed E-state index contributed by atoms with van der Waals surface area (Å²) in [5, 5.41) is 17.9. The van der Waals surface area contributed by atoms with Crippen molar-refractivity contribution >= 4 is 5.97 Å². The fourth-order valence-corrected chi connectivity index (χ4v) is 2.39. The van der Waals surface area contributed by atoms with Crippen molar-refractivity contribution < 1.29 is 20.0 Å². The molecule has 4 heteroatoms. The van der Waals surface area contributed by atoms with Gasteiger partial charge < -0.3 is 5.11 Å². The average molecular weight is 230 g/mol. The van der Waals surface area contributed by atoms with Crippen LogP contribution in [0, 0.1) is 5.92 Å². The zero-order valence-corrected chi connectivity index (χ0v) is 9.73. The molecule has 2 unspecified atom stereocenters. The maximum atomic E-state index is 11.1. The quantitative estimate of drug-likeness (QED) is 0.565. The molecule has 0 heterocycles. The predicted octanol–water partition coefficient (Wildman–Crippen LogP) is 3.07. The molecule has 0 spiro atoms. The zero-order chi connectivity index (χ0) is 11.8. The van der Waals surface area contributed by atoms with Crippen molar-refractivity contribution in [3.05, 3.63) is 0 Å². The van der Waals surface area contributed by atoms with Gasteiger partial charge in [0.2, 0.25) is 0 Å². The summed E-state index contributed by atoms with van der Waals surface area (Å²) in [5.41, 5.74) is 0. The summed E-state index contributed by atoms with van der Waals surface area (Å²) < 4.78 is 0. The number of hydrogen-bond acceptors (Lipinski definition) is 3. The summed E-state index contributed by atoms with van der Waals surface area (Å²) >= 11 is 0. The van der Waals surface area contributed by atoms with E-state index in [0.717, 1.165) is 25.7 Å². The molecule has 1 aliphatic carbocycles. The van der Waals surface area contributed by atoms with Crippen LogP contribution >= 0.6 is 0 Å². The van der Waals surface area contributed by atoms with Gasteiger partial charge in [0.1, 0.15) is 6.10 Å². The third-order valence-electron chi connectivity index (χ3n) is 3.41. The highest BCUT2D eigenvalue weighted by Crippen LogP contribution is 2.23. The van der Waals surface area contributed by atoms with Crippen LogP contribution in [0.25, 0.3) is 0 Å². The fourth-order valence-electron chi connectivity index (χ4n) is 2.39.